The molecule has 11 heteroatoms. The predicted molar refractivity (Wildman–Crippen MR) is 203 cm³/mol. The lowest BCUT2D eigenvalue weighted by Gasteiger charge is -2.37. The molecule has 0 bridgehead atoms. The lowest BCUT2D eigenvalue weighted by Crippen LogP contribution is -2.52. The van der Waals surface area contributed by atoms with E-state index in [-0.39, 0.29) is 36.0 Å². The van der Waals surface area contributed by atoms with Gasteiger partial charge in [0.1, 0.15) is 5.75 Å². The van der Waals surface area contributed by atoms with Crippen molar-refractivity contribution in [3.05, 3.63) is 83.2 Å². The second-order valence-electron chi connectivity index (χ2n) is 15.2. The monoisotopic (exact) mass is 711 g/mol. The fourth-order valence-corrected chi connectivity index (χ4v) is 12.4. The molecular formula is C40H53N5O5Si. The minimum atomic E-state index is -2.33. The summed E-state index contributed by atoms with van der Waals surface area (Å²) in [6.45, 7) is 15.0. The molecule has 1 N–H and O–H groups in total. The molecule has 3 aliphatic rings. The van der Waals surface area contributed by atoms with Crippen LogP contribution in [0.25, 0.3) is 0 Å². The van der Waals surface area contributed by atoms with Gasteiger partial charge in [-0.2, -0.15) is 0 Å². The number of amides is 2. The third-order valence-corrected chi connectivity index (χ3v) is 15.7. The van der Waals surface area contributed by atoms with Crippen molar-refractivity contribution in [1.29, 1.82) is 0 Å². The first-order valence-electron chi connectivity index (χ1n) is 18.3. The molecule has 4 heterocycles. The van der Waals surface area contributed by atoms with Gasteiger partial charge in [0.2, 0.25) is 5.91 Å². The maximum absolute atomic E-state index is 15.2. The van der Waals surface area contributed by atoms with Crippen LogP contribution in [0.3, 0.4) is 0 Å². The molecule has 4 atom stereocenters. The number of rotatable bonds is 14. The van der Waals surface area contributed by atoms with E-state index in [0.29, 0.717) is 38.9 Å². The van der Waals surface area contributed by atoms with E-state index in [1.165, 1.54) is 16.3 Å². The molecule has 6 rings (SSSR count). The largest absolute Gasteiger partial charge is 0.497 e. The number of carbonyl (C=O) groups excluding carboxylic acids is 2. The summed E-state index contributed by atoms with van der Waals surface area (Å²) in [5.74, 6) is 0.708. The third-order valence-electron chi connectivity index (χ3n) is 11.3. The molecule has 2 fully saturated rings. The second kappa shape index (κ2) is 14.9. The summed E-state index contributed by atoms with van der Waals surface area (Å²) in [5.41, 5.74) is 4.66. The Hall–Kier alpha value is -4.06. The normalized spacial score (nSPS) is 23.2. The third kappa shape index (κ3) is 6.95. The van der Waals surface area contributed by atoms with Crippen molar-refractivity contribution in [2.24, 2.45) is 5.92 Å². The molecule has 10 nitrogen and oxygen atoms in total. The van der Waals surface area contributed by atoms with Crippen LogP contribution in [-0.4, -0.2) is 72.9 Å². The minimum absolute atomic E-state index is 0.0153. The van der Waals surface area contributed by atoms with Crippen LogP contribution in [0.2, 0.25) is 18.6 Å². The number of β-lactam (4-membered cyclic amide) rings is 1. The van der Waals surface area contributed by atoms with Gasteiger partial charge in [-0.25, -0.2) is 0 Å². The number of allylic oxidation sites excluding steroid dienone is 3. The Balaban J connectivity index is 1.41. The Bertz CT molecular complexity index is 1810. The van der Waals surface area contributed by atoms with Crippen molar-refractivity contribution in [3.8, 4) is 5.75 Å². The highest BCUT2D eigenvalue weighted by Crippen LogP contribution is 2.60. The van der Waals surface area contributed by atoms with Gasteiger partial charge < -0.3 is 24.4 Å². The van der Waals surface area contributed by atoms with Crippen LogP contribution in [0.15, 0.2) is 72.0 Å². The Labute approximate surface area is 303 Å². The fourth-order valence-electron chi connectivity index (χ4n) is 8.38. The summed E-state index contributed by atoms with van der Waals surface area (Å²) in [5, 5.41) is 19.3. The molecule has 2 amide bonds. The van der Waals surface area contributed by atoms with E-state index in [0.717, 1.165) is 41.2 Å². The maximum atomic E-state index is 15.2. The van der Waals surface area contributed by atoms with Gasteiger partial charge in [0, 0.05) is 62.4 Å². The molecule has 1 spiro atoms. The summed E-state index contributed by atoms with van der Waals surface area (Å²) < 4.78 is 14.6. The van der Waals surface area contributed by atoms with E-state index in [1.54, 1.807) is 12.0 Å². The average Bonchev–Trinajstić information content (AvgIpc) is 3.75. The molecule has 1 aromatic heterocycles. The van der Waals surface area contributed by atoms with E-state index < -0.39 is 13.7 Å². The standard InChI is InChI=1S/C40H53N5O5Si/c1-27(2)9-8-10-28(3)17-22-45-35-16-11-31(44-23-19-37(44)47)25-34(35)40(39(45)48)29(4)38(51(6,7)33-14-12-32(49-5)13-15-33)36(50-40)18-21-43-26-30(20-24-46)41-42-43/h9,11-17,25-26,29,36,38,46H,8,10,18-24H2,1-7H3/b28-17+/t29-,36+,38-,40+/m0/s1. The van der Waals surface area contributed by atoms with Crippen LogP contribution in [0, 0.1) is 5.92 Å². The summed E-state index contributed by atoms with van der Waals surface area (Å²) in [6.07, 6.45) is 9.57. The molecule has 2 saturated heterocycles. The zero-order chi connectivity index (χ0) is 36.5. The van der Waals surface area contributed by atoms with Gasteiger partial charge in [0.25, 0.3) is 5.91 Å². The molecule has 51 heavy (non-hydrogen) atoms. The number of anilines is 2. The summed E-state index contributed by atoms with van der Waals surface area (Å²) >= 11 is 0. The zero-order valence-electron chi connectivity index (χ0n) is 31.2. The molecule has 0 radical (unpaired) electrons. The molecule has 3 aliphatic heterocycles. The smallest absolute Gasteiger partial charge is 0.264 e. The number of nitrogens with zero attached hydrogens (tertiary/aromatic N) is 5. The fraction of sp³-hybridized carbons (Fsp3) is 0.500. The SMILES string of the molecule is COc1ccc([Si](C)(C)[C@@H]2[C@@H](CCn3cc(CCO)nn3)O[C@]3(C(=O)N(C/C=C(\C)CCC=C(C)C)c4ccc(N5CCC5=O)cc43)[C@H]2C)cc1. The summed E-state index contributed by atoms with van der Waals surface area (Å²) in [7, 11) is -0.657. The van der Waals surface area contributed by atoms with E-state index in [1.807, 2.05) is 46.1 Å². The highest BCUT2D eigenvalue weighted by Gasteiger charge is 2.66. The van der Waals surface area contributed by atoms with Crippen LogP contribution in [-0.2, 0) is 32.9 Å². The average molecular weight is 712 g/mol. The Morgan fingerprint density at radius 3 is 2.53 bits per heavy atom. The number of benzene rings is 2. The first-order valence-corrected chi connectivity index (χ1v) is 21.4. The van der Waals surface area contributed by atoms with E-state index >= 15 is 4.79 Å². The molecule has 272 valence electrons. The number of carbonyl (C=O) groups is 2. The topological polar surface area (TPSA) is 110 Å². The molecule has 3 aromatic rings. The molecule has 0 aliphatic carbocycles. The maximum Gasteiger partial charge on any atom is 0.264 e. The Morgan fingerprint density at radius 2 is 1.88 bits per heavy atom. The van der Waals surface area contributed by atoms with Gasteiger partial charge in [-0.05, 0) is 75.9 Å². The first kappa shape index (κ1) is 36.7. The quantitative estimate of drug-likeness (QED) is 0.126. The van der Waals surface area contributed by atoms with Gasteiger partial charge in [-0.15, -0.1) is 5.10 Å². The van der Waals surface area contributed by atoms with Crippen molar-refractivity contribution in [1.82, 2.24) is 15.0 Å². The number of hydrogen-bond donors (Lipinski definition) is 1. The van der Waals surface area contributed by atoms with Crippen molar-refractivity contribution < 1.29 is 24.2 Å². The van der Waals surface area contributed by atoms with Crippen molar-refractivity contribution in [2.75, 3.05) is 36.6 Å². The van der Waals surface area contributed by atoms with E-state index in [9.17, 15) is 9.90 Å². The van der Waals surface area contributed by atoms with Crippen LogP contribution >= 0.6 is 0 Å². The van der Waals surface area contributed by atoms with Crippen LogP contribution in [0.5, 0.6) is 5.75 Å². The molecule has 0 unspecified atom stereocenters. The summed E-state index contributed by atoms with van der Waals surface area (Å²) in [4.78, 5) is 31.5. The predicted octanol–water partition coefficient (Wildman–Crippen LogP) is 5.90. The van der Waals surface area contributed by atoms with Gasteiger partial charge in [-0.1, -0.05) is 65.8 Å². The molecule has 2 aromatic carbocycles. The number of fused-ring (bicyclic) bond motifs is 2. The van der Waals surface area contributed by atoms with Crippen LogP contribution < -0.4 is 19.7 Å². The zero-order valence-corrected chi connectivity index (χ0v) is 32.2. The molecule has 0 saturated carbocycles. The van der Waals surface area contributed by atoms with Crippen molar-refractivity contribution in [3.63, 3.8) is 0 Å². The van der Waals surface area contributed by atoms with Gasteiger partial charge in [-0.3, -0.25) is 14.3 Å². The number of hydrogen-bond acceptors (Lipinski definition) is 7. The second-order valence-corrected chi connectivity index (χ2v) is 19.9. The van der Waals surface area contributed by atoms with Crippen LogP contribution in [0.1, 0.15) is 64.6 Å². The van der Waals surface area contributed by atoms with E-state index in [2.05, 4.69) is 75.4 Å². The number of aryl methyl sites for hydroxylation is 1. The first-order chi connectivity index (χ1) is 24.4. The number of ether oxygens (including phenoxy) is 2. The van der Waals surface area contributed by atoms with Gasteiger partial charge >= 0.3 is 0 Å². The lowest BCUT2D eigenvalue weighted by molar-refractivity contribution is -0.145. The van der Waals surface area contributed by atoms with Crippen molar-refractivity contribution in [2.45, 2.75) is 96.7 Å². The highest BCUT2D eigenvalue weighted by atomic mass is 28.3. The van der Waals surface area contributed by atoms with Crippen LogP contribution in [0.4, 0.5) is 11.4 Å². The number of methoxy groups -OCH3 is 1. The Kier molecular flexibility index (Phi) is 10.7. The highest BCUT2D eigenvalue weighted by molar-refractivity contribution is 6.91. The van der Waals surface area contributed by atoms with E-state index in [4.69, 9.17) is 9.47 Å². The number of aromatic nitrogens is 3. The number of aliphatic hydroxyl groups is 1. The van der Waals surface area contributed by atoms with Crippen molar-refractivity contribution >= 4 is 36.4 Å². The number of aliphatic hydroxyl groups excluding tert-OH is 1. The Morgan fingerprint density at radius 1 is 1.12 bits per heavy atom. The lowest BCUT2D eigenvalue weighted by atomic mass is 9.82. The minimum Gasteiger partial charge on any atom is -0.497 e. The van der Waals surface area contributed by atoms with Gasteiger partial charge in [0.05, 0.1) is 32.7 Å². The molecular weight excluding hydrogens is 659 g/mol. The summed E-state index contributed by atoms with van der Waals surface area (Å²) in [6, 6.07) is 14.4. The van der Waals surface area contributed by atoms with Gasteiger partial charge in [0.15, 0.2) is 5.60 Å².